The summed E-state index contributed by atoms with van der Waals surface area (Å²) in [5.41, 5.74) is 2.91. The second-order valence-electron chi connectivity index (χ2n) is 9.85. The molecular weight excluding hydrogens is 402 g/mol. The minimum absolute atomic E-state index is 0.0486. The maximum atomic E-state index is 13.1. The first-order valence-corrected chi connectivity index (χ1v) is 12.1. The van der Waals surface area contributed by atoms with Gasteiger partial charge in [-0.25, -0.2) is 4.98 Å². The predicted molar refractivity (Wildman–Crippen MR) is 122 cm³/mol. The Morgan fingerprint density at radius 3 is 2.75 bits per heavy atom. The molecule has 1 saturated heterocycles. The molecule has 4 heterocycles. The number of aromatic amines is 1. The van der Waals surface area contributed by atoms with Gasteiger partial charge in [0.05, 0.1) is 23.8 Å². The molecule has 1 N–H and O–H groups in total. The molecule has 32 heavy (non-hydrogen) atoms. The van der Waals surface area contributed by atoms with Gasteiger partial charge < -0.3 is 9.88 Å². The van der Waals surface area contributed by atoms with Crippen molar-refractivity contribution in [3.8, 4) is 0 Å². The SMILES string of the molecule is Cc1cnccc1C(=O)N1CCc2nc([C@H]3CCCN3C3CCC(C)CC3)[nH]c(=O)c2C1. The summed E-state index contributed by atoms with van der Waals surface area (Å²) in [7, 11) is 0. The van der Waals surface area contributed by atoms with Crippen LogP contribution in [0.25, 0.3) is 0 Å². The molecule has 7 nitrogen and oxygen atoms in total. The minimum Gasteiger partial charge on any atom is -0.334 e. The van der Waals surface area contributed by atoms with Gasteiger partial charge >= 0.3 is 0 Å². The monoisotopic (exact) mass is 435 g/mol. The van der Waals surface area contributed by atoms with Crippen molar-refractivity contribution in [1.82, 2.24) is 24.8 Å². The Kier molecular flexibility index (Phi) is 5.84. The molecule has 0 bridgehead atoms. The first-order chi connectivity index (χ1) is 15.5. The lowest BCUT2D eigenvalue weighted by Gasteiger charge is -2.37. The van der Waals surface area contributed by atoms with Crippen LogP contribution in [0.1, 0.15) is 84.5 Å². The lowest BCUT2D eigenvalue weighted by molar-refractivity contribution is 0.0731. The summed E-state index contributed by atoms with van der Waals surface area (Å²) in [5.74, 6) is 1.61. The quantitative estimate of drug-likeness (QED) is 0.799. The van der Waals surface area contributed by atoms with Crippen LogP contribution in [0.2, 0.25) is 0 Å². The Labute approximate surface area is 189 Å². The van der Waals surface area contributed by atoms with Gasteiger partial charge in [0.1, 0.15) is 5.82 Å². The molecule has 0 spiro atoms. The minimum atomic E-state index is -0.0851. The van der Waals surface area contributed by atoms with Crippen LogP contribution >= 0.6 is 0 Å². The maximum Gasteiger partial charge on any atom is 0.256 e. The molecule has 3 aliphatic rings. The fourth-order valence-corrected chi connectivity index (χ4v) is 5.75. The molecule has 2 aromatic heterocycles. The van der Waals surface area contributed by atoms with E-state index in [1.165, 1.54) is 25.7 Å². The number of aryl methyl sites for hydroxylation is 1. The Morgan fingerprint density at radius 1 is 1.16 bits per heavy atom. The zero-order valence-electron chi connectivity index (χ0n) is 19.1. The van der Waals surface area contributed by atoms with E-state index in [4.69, 9.17) is 4.98 Å². The summed E-state index contributed by atoms with van der Waals surface area (Å²) < 4.78 is 0. The molecule has 0 radical (unpaired) electrons. The highest BCUT2D eigenvalue weighted by molar-refractivity contribution is 5.95. The lowest BCUT2D eigenvalue weighted by atomic mass is 9.86. The normalized spacial score (nSPS) is 26.2. The number of aromatic nitrogens is 3. The maximum absolute atomic E-state index is 13.1. The van der Waals surface area contributed by atoms with Gasteiger partial charge in [-0.1, -0.05) is 6.92 Å². The molecule has 170 valence electrons. The molecular formula is C25H33N5O2. The second kappa shape index (κ2) is 8.77. The molecule has 0 unspecified atom stereocenters. The number of fused-ring (bicyclic) bond motifs is 1. The van der Waals surface area contributed by atoms with Crippen molar-refractivity contribution in [2.45, 2.75) is 77.4 Å². The van der Waals surface area contributed by atoms with Gasteiger partial charge in [-0.3, -0.25) is 19.5 Å². The highest BCUT2D eigenvalue weighted by Gasteiger charge is 2.36. The molecule has 0 aromatic carbocycles. The van der Waals surface area contributed by atoms with Gasteiger partial charge in [0.25, 0.3) is 11.5 Å². The van der Waals surface area contributed by atoms with E-state index in [9.17, 15) is 9.59 Å². The van der Waals surface area contributed by atoms with Crippen molar-refractivity contribution in [2.75, 3.05) is 13.1 Å². The number of hydrogen-bond donors (Lipinski definition) is 1. The molecule has 2 fully saturated rings. The van der Waals surface area contributed by atoms with Gasteiger partial charge in [0, 0.05) is 37.0 Å². The molecule has 5 rings (SSSR count). The summed E-state index contributed by atoms with van der Waals surface area (Å²) in [6.07, 6.45) is 11.3. The van der Waals surface area contributed by atoms with Gasteiger partial charge in [0.2, 0.25) is 0 Å². The average molecular weight is 436 g/mol. The Hall–Kier alpha value is -2.54. The van der Waals surface area contributed by atoms with E-state index < -0.39 is 0 Å². The van der Waals surface area contributed by atoms with E-state index in [-0.39, 0.29) is 17.5 Å². The van der Waals surface area contributed by atoms with Crippen LogP contribution in [0, 0.1) is 12.8 Å². The average Bonchev–Trinajstić information content (AvgIpc) is 3.29. The van der Waals surface area contributed by atoms with Crippen LogP contribution < -0.4 is 5.56 Å². The van der Waals surface area contributed by atoms with E-state index in [0.29, 0.717) is 36.7 Å². The predicted octanol–water partition coefficient (Wildman–Crippen LogP) is 3.39. The van der Waals surface area contributed by atoms with E-state index in [1.54, 1.807) is 23.4 Å². The van der Waals surface area contributed by atoms with E-state index >= 15 is 0 Å². The molecule has 7 heteroatoms. The number of rotatable bonds is 3. The summed E-state index contributed by atoms with van der Waals surface area (Å²) >= 11 is 0. The lowest BCUT2D eigenvalue weighted by Crippen LogP contribution is -2.41. The van der Waals surface area contributed by atoms with Crippen molar-refractivity contribution in [2.24, 2.45) is 5.92 Å². The number of carbonyl (C=O) groups is 1. The first-order valence-electron chi connectivity index (χ1n) is 12.1. The van der Waals surface area contributed by atoms with Crippen molar-refractivity contribution in [3.63, 3.8) is 0 Å². The molecule has 1 aliphatic carbocycles. The molecule has 1 saturated carbocycles. The smallest absolute Gasteiger partial charge is 0.256 e. The summed E-state index contributed by atoms with van der Waals surface area (Å²) in [5, 5.41) is 0. The van der Waals surface area contributed by atoms with E-state index in [0.717, 1.165) is 42.4 Å². The highest BCUT2D eigenvalue weighted by Crippen LogP contribution is 2.37. The van der Waals surface area contributed by atoms with Crippen LogP contribution in [0.15, 0.2) is 23.3 Å². The van der Waals surface area contributed by atoms with Gasteiger partial charge in [-0.05, 0) is 69.5 Å². The van der Waals surface area contributed by atoms with Crippen LogP contribution in [-0.4, -0.2) is 49.8 Å². The summed E-state index contributed by atoms with van der Waals surface area (Å²) in [6, 6.07) is 2.57. The number of H-pyrrole nitrogens is 1. The first kappa shape index (κ1) is 21.3. The third-order valence-corrected chi connectivity index (χ3v) is 7.69. The second-order valence-corrected chi connectivity index (χ2v) is 9.85. The zero-order valence-corrected chi connectivity index (χ0v) is 19.1. The van der Waals surface area contributed by atoms with Crippen LogP contribution in [0.5, 0.6) is 0 Å². The fraction of sp³-hybridized carbons (Fsp3) is 0.600. The van der Waals surface area contributed by atoms with Crippen molar-refractivity contribution in [3.05, 3.63) is 57.0 Å². The molecule has 1 atom stereocenters. The van der Waals surface area contributed by atoms with Crippen molar-refractivity contribution in [1.29, 1.82) is 0 Å². The number of hydrogen-bond acceptors (Lipinski definition) is 5. The molecule has 1 amide bonds. The largest absolute Gasteiger partial charge is 0.334 e. The molecule has 2 aromatic rings. The summed E-state index contributed by atoms with van der Waals surface area (Å²) in [4.78, 5) is 42.6. The Morgan fingerprint density at radius 2 is 1.97 bits per heavy atom. The van der Waals surface area contributed by atoms with Crippen molar-refractivity contribution < 1.29 is 4.79 Å². The highest BCUT2D eigenvalue weighted by atomic mass is 16.2. The number of amides is 1. The van der Waals surface area contributed by atoms with Gasteiger partial charge in [0.15, 0.2) is 0 Å². The fourth-order valence-electron chi connectivity index (χ4n) is 5.75. The van der Waals surface area contributed by atoms with Crippen LogP contribution in [-0.2, 0) is 13.0 Å². The standard InChI is InChI=1S/C25H33N5O2/c1-16-5-7-18(8-6-16)30-12-3-4-22(30)23-27-21-10-13-29(15-20(21)24(31)28-23)25(32)19-9-11-26-14-17(19)2/h9,11,14,16,18,22H,3-8,10,12-13,15H2,1-2H3,(H,27,28,31)/t16?,18?,22-/m1/s1. The summed E-state index contributed by atoms with van der Waals surface area (Å²) in [6.45, 7) is 6.23. The number of carbonyl (C=O) groups excluding carboxylic acids is 1. The van der Waals surface area contributed by atoms with E-state index in [1.807, 2.05) is 6.92 Å². The van der Waals surface area contributed by atoms with Gasteiger partial charge in [-0.2, -0.15) is 0 Å². The third-order valence-electron chi connectivity index (χ3n) is 7.69. The van der Waals surface area contributed by atoms with Gasteiger partial charge in [-0.15, -0.1) is 0 Å². The number of nitrogens with one attached hydrogen (secondary N) is 1. The number of likely N-dealkylation sites (tertiary alicyclic amines) is 1. The number of pyridine rings is 1. The van der Waals surface area contributed by atoms with Crippen LogP contribution in [0.3, 0.4) is 0 Å². The topological polar surface area (TPSA) is 82.2 Å². The van der Waals surface area contributed by atoms with E-state index in [2.05, 4.69) is 21.8 Å². The third kappa shape index (κ3) is 3.98. The van der Waals surface area contributed by atoms with Crippen molar-refractivity contribution >= 4 is 5.91 Å². The number of nitrogens with zero attached hydrogens (tertiary/aromatic N) is 4. The Bertz CT molecular complexity index is 1060. The molecule has 2 aliphatic heterocycles. The van der Waals surface area contributed by atoms with Crippen LogP contribution in [0.4, 0.5) is 0 Å². The Balaban J connectivity index is 1.36. The zero-order chi connectivity index (χ0) is 22.2.